The van der Waals surface area contributed by atoms with E-state index in [2.05, 4.69) is 43.2 Å². The molecule has 6 heteroatoms. The summed E-state index contributed by atoms with van der Waals surface area (Å²) < 4.78 is 13.8. The number of carbonyl (C=O) groups is 2. The maximum Gasteiger partial charge on any atom is 0.254 e. The lowest BCUT2D eigenvalue weighted by Crippen LogP contribution is -2.51. The van der Waals surface area contributed by atoms with Crippen molar-refractivity contribution in [3.63, 3.8) is 0 Å². The van der Waals surface area contributed by atoms with E-state index in [1.165, 1.54) is 18.2 Å². The minimum atomic E-state index is -0.714. The number of hydrogen-bond acceptors (Lipinski definition) is 3. The molecule has 2 amide bonds. The highest BCUT2D eigenvalue weighted by Gasteiger charge is 2.25. The molecule has 26 heavy (non-hydrogen) atoms. The third kappa shape index (κ3) is 6.41. The molecule has 0 heterocycles. The summed E-state index contributed by atoms with van der Waals surface area (Å²) in [6.07, 6.45) is 0. The van der Waals surface area contributed by atoms with Crippen molar-refractivity contribution in [2.24, 2.45) is 5.92 Å². The highest BCUT2D eigenvalue weighted by molar-refractivity contribution is 5.97. The zero-order valence-corrected chi connectivity index (χ0v) is 16.7. The zero-order valence-electron chi connectivity index (χ0n) is 16.7. The number of nitrogens with one attached hydrogen (secondary N) is 2. The molecule has 0 aromatic heterocycles. The van der Waals surface area contributed by atoms with Crippen LogP contribution in [0.15, 0.2) is 24.3 Å². The van der Waals surface area contributed by atoms with Crippen LogP contribution in [0.2, 0.25) is 0 Å². The Balaban J connectivity index is 2.67. The third-order valence-electron chi connectivity index (χ3n) is 4.35. The maximum absolute atomic E-state index is 13.8. The second-order valence-electron chi connectivity index (χ2n) is 7.39. The molecular weight excluding hydrogens is 333 g/mol. The van der Waals surface area contributed by atoms with Gasteiger partial charge in [-0.15, -0.1) is 0 Å². The zero-order chi connectivity index (χ0) is 19.9. The van der Waals surface area contributed by atoms with Gasteiger partial charge in [0, 0.05) is 25.2 Å². The molecule has 0 saturated carbocycles. The second kappa shape index (κ2) is 10.3. The first-order chi connectivity index (χ1) is 12.1. The van der Waals surface area contributed by atoms with Gasteiger partial charge in [-0.05, 0) is 45.7 Å². The standard InChI is InChI=1S/C20H32FN3O2/c1-13(2)18(23-19(25)16-9-7-8-10-17(16)21)20(26)22-11-12-24(14(3)4)15(5)6/h7-10,13-15,18H,11-12H2,1-6H3,(H,22,26)(H,23,25). The van der Waals surface area contributed by atoms with Crippen molar-refractivity contribution in [1.29, 1.82) is 0 Å². The van der Waals surface area contributed by atoms with Gasteiger partial charge in [-0.3, -0.25) is 14.5 Å². The lowest BCUT2D eigenvalue weighted by atomic mass is 10.0. The maximum atomic E-state index is 13.8. The molecule has 0 saturated heterocycles. The summed E-state index contributed by atoms with van der Waals surface area (Å²) in [5.41, 5.74) is -0.0586. The van der Waals surface area contributed by atoms with E-state index in [1.54, 1.807) is 6.07 Å². The topological polar surface area (TPSA) is 61.4 Å². The van der Waals surface area contributed by atoms with E-state index in [4.69, 9.17) is 0 Å². The molecule has 0 bridgehead atoms. The van der Waals surface area contributed by atoms with Gasteiger partial charge in [0.25, 0.3) is 5.91 Å². The minimum absolute atomic E-state index is 0.0586. The first-order valence-electron chi connectivity index (χ1n) is 9.24. The number of carbonyl (C=O) groups excluding carboxylic acids is 2. The van der Waals surface area contributed by atoms with Crippen LogP contribution in [0.4, 0.5) is 4.39 Å². The molecule has 0 fully saturated rings. The van der Waals surface area contributed by atoms with Crippen LogP contribution in [0, 0.1) is 11.7 Å². The highest BCUT2D eigenvalue weighted by Crippen LogP contribution is 2.09. The normalized spacial score (nSPS) is 12.7. The average molecular weight is 365 g/mol. The molecular formula is C20H32FN3O2. The van der Waals surface area contributed by atoms with Crippen LogP contribution in [0.25, 0.3) is 0 Å². The molecule has 1 aromatic rings. The minimum Gasteiger partial charge on any atom is -0.353 e. The molecule has 0 aliphatic rings. The van der Waals surface area contributed by atoms with Gasteiger partial charge in [-0.1, -0.05) is 26.0 Å². The summed E-state index contributed by atoms with van der Waals surface area (Å²) in [6.45, 7) is 13.4. The monoisotopic (exact) mass is 365 g/mol. The SMILES string of the molecule is CC(C)C(NC(=O)c1ccccc1F)C(=O)NCCN(C(C)C)C(C)C. The Morgan fingerprint density at radius 2 is 1.62 bits per heavy atom. The molecule has 1 aromatic carbocycles. The number of hydrogen-bond donors (Lipinski definition) is 2. The Kier molecular flexibility index (Phi) is 8.72. The van der Waals surface area contributed by atoms with Crippen molar-refractivity contribution < 1.29 is 14.0 Å². The van der Waals surface area contributed by atoms with E-state index in [1.807, 2.05) is 13.8 Å². The van der Waals surface area contributed by atoms with Gasteiger partial charge in [-0.25, -0.2) is 4.39 Å². The number of amides is 2. The number of nitrogens with zero attached hydrogens (tertiary/aromatic N) is 1. The van der Waals surface area contributed by atoms with Crippen LogP contribution in [0.5, 0.6) is 0 Å². The summed E-state index contributed by atoms with van der Waals surface area (Å²) in [5, 5.41) is 5.54. The number of rotatable bonds is 9. The van der Waals surface area contributed by atoms with E-state index in [-0.39, 0.29) is 17.4 Å². The summed E-state index contributed by atoms with van der Waals surface area (Å²) in [4.78, 5) is 27.1. The molecule has 2 N–H and O–H groups in total. The number of benzene rings is 1. The lowest BCUT2D eigenvalue weighted by Gasteiger charge is -2.31. The Bertz CT molecular complexity index is 594. The second-order valence-corrected chi connectivity index (χ2v) is 7.39. The van der Waals surface area contributed by atoms with Crippen molar-refractivity contribution >= 4 is 11.8 Å². The quantitative estimate of drug-likeness (QED) is 0.707. The van der Waals surface area contributed by atoms with E-state index < -0.39 is 17.8 Å². The van der Waals surface area contributed by atoms with Crippen LogP contribution in [0.1, 0.15) is 51.9 Å². The molecule has 0 radical (unpaired) electrons. The van der Waals surface area contributed by atoms with Crippen LogP contribution in [0.3, 0.4) is 0 Å². The van der Waals surface area contributed by atoms with Crippen LogP contribution in [-0.2, 0) is 4.79 Å². The van der Waals surface area contributed by atoms with E-state index in [0.717, 1.165) is 6.54 Å². The molecule has 0 aliphatic heterocycles. The van der Waals surface area contributed by atoms with Crippen molar-refractivity contribution in [2.75, 3.05) is 13.1 Å². The van der Waals surface area contributed by atoms with Gasteiger partial charge in [-0.2, -0.15) is 0 Å². The molecule has 146 valence electrons. The van der Waals surface area contributed by atoms with Crippen molar-refractivity contribution in [3.8, 4) is 0 Å². The van der Waals surface area contributed by atoms with Gasteiger partial charge in [0.05, 0.1) is 5.56 Å². The van der Waals surface area contributed by atoms with Gasteiger partial charge in [0.2, 0.25) is 5.91 Å². The molecule has 0 spiro atoms. The highest BCUT2D eigenvalue weighted by atomic mass is 19.1. The number of halogens is 1. The van der Waals surface area contributed by atoms with Gasteiger partial charge in [0.1, 0.15) is 11.9 Å². The fourth-order valence-corrected chi connectivity index (χ4v) is 2.93. The predicted molar refractivity (Wildman–Crippen MR) is 102 cm³/mol. The molecule has 0 aliphatic carbocycles. The lowest BCUT2D eigenvalue weighted by molar-refractivity contribution is -0.124. The Morgan fingerprint density at radius 3 is 2.12 bits per heavy atom. The van der Waals surface area contributed by atoms with Crippen molar-refractivity contribution in [1.82, 2.24) is 15.5 Å². The van der Waals surface area contributed by atoms with Crippen LogP contribution < -0.4 is 10.6 Å². The summed E-state index contributed by atoms with van der Waals surface area (Å²) in [7, 11) is 0. The fourth-order valence-electron chi connectivity index (χ4n) is 2.93. The molecule has 5 nitrogen and oxygen atoms in total. The molecule has 1 unspecified atom stereocenters. The third-order valence-corrected chi connectivity index (χ3v) is 4.35. The largest absolute Gasteiger partial charge is 0.353 e. The summed E-state index contributed by atoms with van der Waals surface area (Å²) in [6, 6.07) is 5.80. The van der Waals surface area contributed by atoms with Gasteiger partial charge >= 0.3 is 0 Å². The Labute approximate surface area is 156 Å². The fraction of sp³-hybridized carbons (Fsp3) is 0.600. The first kappa shape index (κ1) is 22.1. The Hall–Kier alpha value is -1.95. The van der Waals surface area contributed by atoms with Crippen LogP contribution in [-0.4, -0.2) is 47.9 Å². The predicted octanol–water partition coefficient (Wildman–Crippen LogP) is 2.82. The molecule has 1 rings (SSSR count). The van der Waals surface area contributed by atoms with Gasteiger partial charge in [0.15, 0.2) is 0 Å². The van der Waals surface area contributed by atoms with E-state index in [9.17, 15) is 14.0 Å². The Morgan fingerprint density at radius 1 is 1.04 bits per heavy atom. The van der Waals surface area contributed by atoms with E-state index in [0.29, 0.717) is 18.6 Å². The first-order valence-corrected chi connectivity index (χ1v) is 9.24. The van der Waals surface area contributed by atoms with Crippen molar-refractivity contribution in [2.45, 2.75) is 59.7 Å². The molecule has 1 atom stereocenters. The summed E-state index contributed by atoms with van der Waals surface area (Å²) >= 11 is 0. The smallest absolute Gasteiger partial charge is 0.254 e. The van der Waals surface area contributed by atoms with E-state index >= 15 is 0 Å². The summed E-state index contributed by atoms with van der Waals surface area (Å²) in [5.74, 6) is -1.55. The van der Waals surface area contributed by atoms with Crippen molar-refractivity contribution in [3.05, 3.63) is 35.6 Å². The average Bonchev–Trinajstić information content (AvgIpc) is 2.55. The van der Waals surface area contributed by atoms with Crippen LogP contribution >= 0.6 is 0 Å². The van der Waals surface area contributed by atoms with Gasteiger partial charge < -0.3 is 10.6 Å².